The van der Waals surface area contributed by atoms with Gasteiger partial charge in [-0.2, -0.15) is 0 Å². The molecule has 1 atom stereocenters. The molecule has 1 fully saturated rings. The monoisotopic (exact) mass is 283 g/mol. The minimum Gasteiger partial charge on any atom is -0.325 e. The number of nitrogens with zero attached hydrogens (tertiary/aromatic N) is 1. The maximum Gasteiger partial charge on any atom is 0.255 e. The SMILES string of the molecule is O=C(Nc1ccc(-n2ccccc2=O)cc1)C1CCCN1. The van der Waals surface area contributed by atoms with E-state index in [1.165, 1.54) is 6.07 Å². The van der Waals surface area contributed by atoms with E-state index in [-0.39, 0.29) is 17.5 Å². The first kappa shape index (κ1) is 13.6. The predicted molar refractivity (Wildman–Crippen MR) is 81.7 cm³/mol. The smallest absolute Gasteiger partial charge is 0.255 e. The first-order valence-corrected chi connectivity index (χ1v) is 7.06. The molecule has 1 aromatic carbocycles. The highest BCUT2D eigenvalue weighted by Gasteiger charge is 2.21. The molecule has 2 N–H and O–H groups in total. The molecule has 0 aliphatic carbocycles. The van der Waals surface area contributed by atoms with Crippen LogP contribution in [0, 0.1) is 0 Å². The summed E-state index contributed by atoms with van der Waals surface area (Å²) in [5, 5.41) is 6.05. The van der Waals surface area contributed by atoms with Crippen LogP contribution in [0.1, 0.15) is 12.8 Å². The van der Waals surface area contributed by atoms with Crippen molar-refractivity contribution < 1.29 is 4.79 Å². The number of amides is 1. The van der Waals surface area contributed by atoms with Crippen molar-refractivity contribution in [2.45, 2.75) is 18.9 Å². The van der Waals surface area contributed by atoms with Crippen LogP contribution in [0.2, 0.25) is 0 Å². The van der Waals surface area contributed by atoms with Gasteiger partial charge in [-0.15, -0.1) is 0 Å². The lowest BCUT2D eigenvalue weighted by Gasteiger charge is -2.12. The van der Waals surface area contributed by atoms with E-state index in [2.05, 4.69) is 10.6 Å². The van der Waals surface area contributed by atoms with E-state index in [1.54, 1.807) is 16.8 Å². The van der Waals surface area contributed by atoms with Crippen molar-refractivity contribution in [3.63, 3.8) is 0 Å². The summed E-state index contributed by atoms with van der Waals surface area (Å²) in [5.74, 6) is -0.00266. The van der Waals surface area contributed by atoms with Gasteiger partial charge in [0.15, 0.2) is 0 Å². The second-order valence-corrected chi connectivity index (χ2v) is 5.09. The van der Waals surface area contributed by atoms with E-state index in [4.69, 9.17) is 0 Å². The van der Waals surface area contributed by atoms with Crippen LogP contribution in [0.15, 0.2) is 53.5 Å². The Morgan fingerprint density at radius 2 is 2.00 bits per heavy atom. The van der Waals surface area contributed by atoms with E-state index in [0.717, 1.165) is 30.8 Å². The normalized spacial score (nSPS) is 17.6. The Morgan fingerprint density at radius 3 is 2.67 bits per heavy atom. The van der Waals surface area contributed by atoms with Crippen LogP contribution in [0.5, 0.6) is 0 Å². The number of aromatic nitrogens is 1. The lowest BCUT2D eigenvalue weighted by molar-refractivity contribution is -0.117. The summed E-state index contributed by atoms with van der Waals surface area (Å²) in [6.45, 7) is 0.897. The number of carbonyl (C=O) groups excluding carboxylic acids is 1. The minimum absolute atomic E-state index is 0.00266. The van der Waals surface area contributed by atoms with Gasteiger partial charge in [-0.3, -0.25) is 14.2 Å². The summed E-state index contributed by atoms with van der Waals surface area (Å²) in [7, 11) is 0. The lowest BCUT2D eigenvalue weighted by atomic mass is 10.2. The molecule has 5 heteroatoms. The first-order valence-electron chi connectivity index (χ1n) is 7.06. The summed E-state index contributed by atoms with van der Waals surface area (Å²) in [6, 6.07) is 12.2. The Labute approximate surface area is 122 Å². The number of hydrogen-bond acceptors (Lipinski definition) is 3. The maximum absolute atomic E-state index is 12.0. The standard InChI is InChI=1S/C16H17N3O2/c20-15-5-1-2-11-19(15)13-8-6-12(7-9-13)18-16(21)14-4-3-10-17-14/h1-2,5-9,11,14,17H,3-4,10H2,(H,18,21). The van der Waals surface area contributed by atoms with Gasteiger partial charge in [0, 0.05) is 23.6 Å². The first-order chi connectivity index (χ1) is 10.2. The fourth-order valence-corrected chi connectivity index (χ4v) is 2.48. The van der Waals surface area contributed by atoms with Gasteiger partial charge in [-0.05, 0) is 49.7 Å². The van der Waals surface area contributed by atoms with Crippen molar-refractivity contribution >= 4 is 11.6 Å². The van der Waals surface area contributed by atoms with E-state index < -0.39 is 0 Å². The van der Waals surface area contributed by atoms with Crippen LogP contribution in [0.25, 0.3) is 5.69 Å². The minimum atomic E-state index is -0.0959. The molecule has 0 radical (unpaired) electrons. The number of anilines is 1. The maximum atomic E-state index is 12.0. The fraction of sp³-hybridized carbons (Fsp3) is 0.250. The highest BCUT2D eigenvalue weighted by Crippen LogP contribution is 2.14. The molecule has 1 amide bonds. The number of rotatable bonds is 3. The molecular weight excluding hydrogens is 266 g/mol. The molecule has 1 saturated heterocycles. The number of pyridine rings is 1. The van der Waals surface area contributed by atoms with Gasteiger partial charge < -0.3 is 10.6 Å². The van der Waals surface area contributed by atoms with Gasteiger partial charge >= 0.3 is 0 Å². The van der Waals surface area contributed by atoms with Gasteiger partial charge in [0.1, 0.15) is 0 Å². The van der Waals surface area contributed by atoms with Crippen LogP contribution >= 0.6 is 0 Å². The number of carbonyl (C=O) groups is 1. The highest BCUT2D eigenvalue weighted by molar-refractivity contribution is 5.95. The third-order valence-electron chi connectivity index (χ3n) is 3.61. The van der Waals surface area contributed by atoms with Crippen LogP contribution in [0.4, 0.5) is 5.69 Å². The molecule has 0 spiro atoms. The molecule has 1 aliphatic heterocycles. The van der Waals surface area contributed by atoms with Gasteiger partial charge in [-0.1, -0.05) is 6.07 Å². The quantitative estimate of drug-likeness (QED) is 0.898. The van der Waals surface area contributed by atoms with Gasteiger partial charge in [0.2, 0.25) is 5.91 Å². The largest absolute Gasteiger partial charge is 0.325 e. The highest BCUT2D eigenvalue weighted by atomic mass is 16.2. The van der Waals surface area contributed by atoms with Crippen molar-refractivity contribution in [3.05, 3.63) is 59.0 Å². The van der Waals surface area contributed by atoms with Crippen LogP contribution < -0.4 is 16.2 Å². The van der Waals surface area contributed by atoms with Crippen LogP contribution in [-0.4, -0.2) is 23.1 Å². The Morgan fingerprint density at radius 1 is 1.19 bits per heavy atom. The zero-order valence-corrected chi connectivity index (χ0v) is 11.6. The molecule has 1 unspecified atom stereocenters. The molecule has 21 heavy (non-hydrogen) atoms. The molecular formula is C16H17N3O2. The molecule has 2 heterocycles. The zero-order chi connectivity index (χ0) is 14.7. The van der Waals surface area contributed by atoms with Gasteiger partial charge in [-0.25, -0.2) is 0 Å². The third kappa shape index (κ3) is 3.03. The van der Waals surface area contributed by atoms with Crippen molar-refractivity contribution in [1.82, 2.24) is 9.88 Å². The van der Waals surface area contributed by atoms with E-state index in [0.29, 0.717) is 0 Å². The van der Waals surface area contributed by atoms with Crippen LogP contribution in [-0.2, 0) is 4.79 Å². The van der Waals surface area contributed by atoms with Gasteiger partial charge in [0.05, 0.1) is 6.04 Å². The average molecular weight is 283 g/mol. The summed E-state index contributed by atoms with van der Waals surface area (Å²) >= 11 is 0. The number of hydrogen-bond donors (Lipinski definition) is 2. The Bertz CT molecular complexity index is 685. The molecule has 2 aromatic rings. The second kappa shape index (κ2) is 5.93. The predicted octanol–water partition coefficient (Wildman–Crippen LogP) is 1.53. The summed E-state index contributed by atoms with van der Waals surface area (Å²) in [4.78, 5) is 23.7. The number of nitrogens with one attached hydrogen (secondary N) is 2. The third-order valence-corrected chi connectivity index (χ3v) is 3.61. The molecule has 5 nitrogen and oxygen atoms in total. The Hall–Kier alpha value is -2.40. The molecule has 0 saturated carbocycles. The van der Waals surface area contributed by atoms with Gasteiger partial charge in [0.25, 0.3) is 5.56 Å². The van der Waals surface area contributed by atoms with Crippen molar-refractivity contribution in [2.24, 2.45) is 0 Å². The average Bonchev–Trinajstić information content (AvgIpc) is 3.03. The summed E-state index contributed by atoms with van der Waals surface area (Å²) < 4.78 is 1.56. The van der Waals surface area contributed by atoms with E-state index >= 15 is 0 Å². The van der Waals surface area contributed by atoms with Crippen molar-refractivity contribution in [3.8, 4) is 5.69 Å². The number of benzene rings is 1. The molecule has 0 bridgehead atoms. The van der Waals surface area contributed by atoms with Crippen molar-refractivity contribution in [1.29, 1.82) is 0 Å². The molecule has 1 aromatic heterocycles. The van der Waals surface area contributed by atoms with E-state index in [9.17, 15) is 9.59 Å². The second-order valence-electron chi connectivity index (χ2n) is 5.09. The topological polar surface area (TPSA) is 63.1 Å². The summed E-state index contributed by atoms with van der Waals surface area (Å²) in [6.07, 6.45) is 3.63. The summed E-state index contributed by atoms with van der Waals surface area (Å²) in [5.41, 5.74) is 1.43. The van der Waals surface area contributed by atoms with Crippen LogP contribution in [0.3, 0.4) is 0 Å². The Balaban J connectivity index is 1.74. The molecule has 1 aliphatic rings. The fourth-order valence-electron chi connectivity index (χ4n) is 2.48. The zero-order valence-electron chi connectivity index (χ0n) is 11.6. The molecule has 3 rings (SSSR count). The lowest BCUT2D eigenvalue weighted by Crippen LogP contribution is -2.35. The molecule has 108 valence electrons. The Kier molecular flexibility index (Phi) is 3.83. The van der Waals surface area contributed by atoms with E-state index in [1.807, 2.05) is 30.3 Å². The van der Waals surface area contributed by atoms with Crippen molar-refractivity contribution in [2.75, 3.05) is 11.9 Å².